The first-order valence-electron chi connectivity index (χ1n) is 26.4. The maximum atomic E-state index is 14.3. The van der Waals surface area contributed by atoms with Crippen LogP contribution in [-0.4, -0.2) is 113 Å². The first kappa shape index (κ1) is 63.5. The van der Waals surface area contributed by atoms with Crippen LogP contribution >= 0.6 is 0 Å². The lowest BCUT2D eigenvalue weighted by Crippen LogP contribution is -2.66. The highest BCUT2D eigenvalue weighted by Crippen LogP contribution is 2.41. The van der Waals surface area contributed by atoms with Gasteiger partial charge >= 0.3 is 12.4 Å². The van der Waals surface area contributed by atoms with E-state index >= 15 is 0 Å². The lowest BCUT2D eigenvalue weighted by molar-refractivity contribution is -0.384. The smallest absolute Gasteiger partial charge is 0.416 e. The van der Waals surface area contributed by atoms with Crippen LogP contribution in [0, 0.1) is 20.2 Å². The minimum atomic E-state index is -5.02. The zero-order valence-electron chi connectivity index (χ0n) is 46.5. The number of rotatable bonds is 27. The first-order chi connectivity index (χ1) is 41.3. The molecule has 2 fully saturated rings. The number of nitrogens with zero attached hydrogens (tertiary/aromatic N) is 5. The van der Waals surface area contributed by atoms with Gasteiger partial charge in [-0.3, -0.25) is 20.2 Å². The fourth-order valence-corrected chi connectivity index (χ4v) is 9.58. The van der Waals surface area contributed by atoms with Crippen LogP contribution in [0.5, 0.6) is 23.0 Å². The Morgan fingerprint density at radius 3 is 1.38 bits per heavy atom. The number of nitro benzene ring substituents is 2. The molecule has 0 saturated carbocycles. The minimum absolute atomic E-state index is 0.00916. The lowest BCUT2D eigenvalue weighted by Gasteiger charge is -2.49. The summed E-state index contributed by atoms with van der Waals surface area (Å²) in [4.78, 5) is 26.4. The highest BCUT2D eigenvalue weighted by Gasteiger charge is 2.52. The van der Waals surface area contributed by atoms with Gasteiger partial charge in [0.2, 0.25) is 0 Å². The SMILES string of the molecule is COc1ccc(COCC2OCC(Nc3ccc(C(F)(F)F)cc3[N+](=O)[O-])[C@@H](O[C@@H]3OC(COCc4ccc(OC)cc4)[C@H](OCc4ccc(OC)cc4)[C@H](OCc4ccc(OC)cc4)C3Nc3ccc(C(F)(F)F)cc3[N+](=O)[O-])[C@H]2N=[N+]=[N-])cc1. The molecule has 22 nitrogen and oxygen atoms in total. The fourth-order valence-electron chi connectivity index (χ4n) is 9.58. The molecule has 6 aromatic carbocycles. The van der Waals surface area contributed by atoms with Crippen LogP contribution in [0.2, 0.25) is 0 Å². The van der Waals surface area contributed by atoms with Gasteiger partial charge in [0.15, 0.2) is 6.29 Å². The van der Waals surface area contributed by atoms with E-state index in [0.717, 1.165) is 12.1 Å². The number of benzene rings is 6. The van der Waals surface area contributed by atoms with Gasteiger partial charge in [-0.25, -0.2) is 0 Å². The Balaban J connectivity index is 1.27. The Morgan fingerprint density at radius 1 is 0.570 bits per heavy atom. The summed E-state index contributed by atoms with van der Waals surface area (Å²) in [7, 11) is 5.96. The van der Waals surface area contributed by atoms with Crippen molar-refractivity contribution < 1.29 is 88.3 Å². The molecular formula is C58H59F6N7O15. The van der Waals surface area contributed by atoms with Gasteiger partial charge in [0.25, 0.3) is 11.4 Å². The molecule has 2 saturated heterocycles. The van der Waals surface area contributed by atoms with Gasteiger partial charge in [-0.2, -0.15) is 26.3 Å². The van der Waals surface area contributed by atoms with Gasteiger partial charge < -0.3 is 62.7 Å². The summed E-state index contributed by atoms with van der Waals surface area (Å²) in [6.07, 6.45) is -18.6. The Bertz CT molecular complexity index is 3250. The van der Waals surface area contributed by atoms with Gasteiger partial charge in [-0.05, 0) is 101 Å². The van der Waals surface area contributed by atoms with E-state index in [4.69, 9.17) is 52.1 Å². The molecular weight excluding hydrogens is 1150 g/mol. The second-order valence-corrected chi connectivity index (χ2v) is 19.6. The van der Waals surface area contributed by atoms with E-state index in [2.05, 4.69) is 20.7 Å². The Hall–Kier alpha value is -8.47. The molecule has 8 rings (SSSR count). The molecule has 6 aromatic rings. The summed E-state index contributed by atoms with van der Waals surface area (Å²) in [5, 5.41) is 35.3. The third-order valence-electron chi connectivity index (χ3n) is 14.1. The molecule has 2 aliphatic rings. The number of anilines is 2. The number of ether oxygens (including phenoxy) is 11. The van der Waals surface area contributed by atoms with E-state index in [1.54, 1.807) is 97.1 Å². The van der Waals surface area contributed by atoms with Crippen LogP contribution in [0.3, 0.4) is 0 Å². The standard InChI is InChI=1S/C58H59F6N7O15/c1-76-40-15-5-34(6-16-40)27-80-32-49-51(68-69-65)53(46(31-82-49)66-44-23-13-38(57(59,60)61)25-47(44)70(72)73)86-56-52(67-45-24-14-39(58(62,63)64)26-48(45)71(74)75)55(84-30-37-11-21-43(79-4)22-12-37)54(83-29-36-9-19-42(78-3)20-10-36)50(85-56)33-81-28-35-7-17-41(77-2)18-8-35/h5-26,46,49-56,66-67H,27-33H2,1-4H3/t46?,49?,50?,51-,52?,53+,54-,55+,56-/m0/s1. The Labute approximate surface area is 488 Å². The number of halogens is 6. The van der Waals surface area contributed by atoms with Crippen molar-refractivity contribution in [3.63, 3.8) is 0 Å². The topological polar surface area (TPSA) is 261 Å². The maximum Gasteiger partial charge on any atom is 0.416 e. The van der Waals surface area contributed by atoms with E-state index < -0.39 is 118 Å². The third kappa shape index (κ3) is 16.5. The van der Waals surface area contributed by atoms with Crippen LogP contribution in [0.25, 0.3) is 10.4 Å². The van der Waals surface area contributed by atoms with Gasteiger partial charge in [0.1, 0.15) is 58.7 Å². The second kappa shape index (κ2) is 29.1. The number of azide groups is 1. The molecule has 0 aliphatic carbocycles. The van der Waals surface area contributed by atoms with E-state index in [9.17, 15) is 52.1 Å². The number of nitro groups is 2. The van der Waals surface area contributed by atoms with Crippen molar-refractivity contribution in [2.75, 3.05) is 58.9 Å². The van der Waals surface area contributed by atoms with Gasteiger partial charge in [0, 0.05) is 17.0 Å². The van der Waals surface area contributed by atoms with Crippen LogP contribution in [0.1, 0.15) is 33.4 Å². The van der Waals surface area contributed by atoms with Crippen molar-refractivity contribution in [3.8, 4) is 23.0 Å². The maximum absolute atomic E-state index is 14.3. The summed E-state index contributed by atoms with van der Waals surface area (Å²) in [6.45, 7) is -1.50. The quantitative estimate of drug-likeness (QED) is 0.0121. The molecule has 4 unspecified atom stereocenters. The molecule has 28 heteroatoms. The first-order valence-corrected chi connectivity index (χ1v) is 26.4. The predicted molar refractivity (Wildman–Crippen MR) is 296 cm³/mol. The molecule has 86 heavy (non-hydrogen) atoms. The minimum Gasteiger partial charge on any atom is -0.497 e. The highest BCUT2D eigenvalue weighted by molar-refractivity contribution is 5.65. The molecule has 9 atom stereocenters. The van der Waals surface area contributed by atoms with Crippen LogP contribution < -0.4 is 29.6 Å². The monoisotopic (exact) mass is 1210 g/mol. The fraction of sp³-hybridized carbons (Fsp3) is 0.379. The third-order valence-corrected chi connectivity index (χ3v) is 14.1. The highest BCUT2D eigenvalue weighted by atomic mass is 19.4. The van der Waals surface area contributed by atoms with Gasteiger partial charge in [-0.1, -0.05) is 53.6 Å². The molecule has 0 bridgehead atoms. The van der Waals surface area contributed by atoms with E-state index in [-0.39, 0.29) is 39.6 Å². The summed E-state index contributed by atoms with van der Waals surface area (Å²) in [5.74, 6) is 2.16. The number of hydrogen-bond donors (Lipinski definition) is 2. The van der Waals surface area contributed by atoms with E-state index in [1.165, 1.54) is 28.4 Å². The molecule has 0 spiro atoms. The zero-order chi connectivity index (χ0) is 61.5. The largest absolute Gasteiger partial charge is 0.497 e. The average molecular weight is 1210 g/mol. The molecule has 2 heterocycles. The average Bonchev–Trinajstić information content (AvgIpc) is 1.57. The molecule has 0 aromatic heterocycles. The molecule has 458 valence electrons. The number of methoxy groups -OCH3 is 4. The van der Waals surface area contributed by atoms with Gasteiger partial charge in [-0.15, -0.1) is 0 Å². The van der Waals surface area contributed by atoms with Gasteiger partial charge in [0.05, 0.1) is 120 Å². The van der Waals surface area contributed by atoms with Crippen molar-refractivity contribution in [1.29, 1.82) is 0 Å². The van der Waals surface area contributed by atoms with Crippen LogP contribution in [0.15, 0.2) is 139 Å². The summed E-state index contributed by atoms with van der Waals surface area (Å²) in [5.41, 5.74) is 7.16. The second-order valence-electron chi connectivity index (χ2n) is 19.6. The zero-order valence-corrected chi connectivity index (χ0v) is 46.5. The Kier molecular flexibility index (Phi) is 21.5. The van der Waals surface area contributed by atoms with Crippen LogP contribution in [0.4, 0.5) is 49.1 Å². The molecule has 0 amide bonds. The molecule has 2 aliphatic heterocycles. The lowest BCUT2D eigenvalue weighted by atomic mass is 9.93. The number of alkyl halides is 6. The van der Waals surface area contributed by atoms with Crippen molar-refractivity contribution in [3.05, 3.63) is 198 Å². The Morgan fingerprint density at radius 2 is 0.977 bits per heavy atom. The number of nitrogens with one attached hydrogen (secondary N) is 2. The van der Waals surface area contributed by atoms with Crippen molar-refractivity contribution in [2.45, 2.75) is 93.7 Å². The predicted octanol–water partition coefficient (Wildman–Crippen LogP) is 11.6. The molecule has 0 radical (unpaired) electrons. The number of hydrogen-bond acceptors (Lipinski definition) is 18. The van der Waals surface area contributed by atoms with E-state index in [0.29, 0.717) is 69.5 Å². The summed E-state index contributed by atoms with van der Waals surface area (Å²) >= 11 is 0. The molecule has 2 N–H and O–H groups in total. The summed E-state index contributed by atoms with van der Waals surface area (Å²) < 4.78 is 152. The van der Waals surface area contributed by atoms with Crippen LogP contribution in [-0.2, 0) is 71.9 Å². The van der Waals surface area contributed by atoms with Crippen molar-refractivity contribution >= 4 is 22.7 Å². The summed E-state index contributed by atoms with van der Waals surface area (Å²) in [6, 6.07) is 26.5. The normalized spacial score (nSPS) is 21.3. The van der Waals surface area contributed by atoms with Crippen molar-refractivity contribution in [1.82, 2.24) is 0 Å². The van der Waals surface area contributed by atoms with E-state index in [1.807, 2.05) is 0 Å². The van der Waals surface area contributed by atoms with Crippen molar-refractivity contribution in [2.24, 2.45) is 5.11 Å².